The molecule has 0 spiro atoms. The number of nitrogens with zero attached hydrogens (tertiary/aromatic N) is 2. The van der Waals surface area contributed by atoms with Crippen LogP contribution in [0.4, 0.5) is 0 Å². The van der Waals surface area contributed by atoms with Crippen LogP contribution in [-0.2, 0) is 4.79 Å². The van der Waals surface area contributed by atoms with Crippen LogP contribution in [0.2, 0.25) is 0 Å². The molecule has 1 aromatic rings. The molecular weight excluding hydrogens is 308 g/mol. The van der Waals surface area contributed by atoms with Crippen molar-refractivity contribution in [3.05, 3.63) is 24.0 Å². The molecule has 2 aliphatic rings. The quantitative estimate of drug-likeness (QED) is 0.916. The third-order valence-electron chi connectivity index (χ3n) is 5.51. The minimum Gasteiger partial charge on any atom is -0.494 e. The number of piperidine rings is 1. The molecule has 2 atom stereocenters. The number of carbonyl (C=O) groups is 2. The molecule has 1 amide bonds. The lowest BCUT2D eigenvalue weighted by atomic mass is 9.78. The van der Waals surface area contributed by atoms with E-state index < -0.39 is 5.97 Å². The molecule has 2 unspecified atom stereocenters. The standard InChI is InChI=1S/C18H24N2O4/c1-24-15-6-3-9-19-16(15)17(21)20-10-7-12(8-11-20)13-4-2-5-14(13)18(22)23/h3,6,9,12-14H,2,4-5,7-8,10-11H2,1H3,(H,22,23). The Morgan fingerprint density at radius 2 is 2.00 bits per heavy atom. The lowest BCUT2D eigenvalue weighted by Gasteiger charge is -2.36. The number of carbonyl (C=O) groups excluding carboxylic acids is 1. The van der Waals surface area contributed by atoms with E-state index in [1.54, 1.807) is 18.3 Å². The second kappa shape index (κ2) is 7.20. The first-order valence-corrected chi connectivity index (χ1v) is 8.63. The molecule has 0 radical (unpaired) electrons. The van der Waals surface area contributed by atoms with Gasteiger partial charge in [0, 0.05) is 19.3 Å². The summed E-state index contributed by atoms with van der Waals surface area (Å²) in [7, 11) is 1.53. The van der Waals surface area contributed by atoms with E-state index in [1.165, 1.54) is 7.11 Å². The summed E-state index contributed by atoms with van der Waals surface area (Å²) >= 11 is 0. The van der Waals surface area contributed by atoms with Gasteiger partial charge in [0.05, 0.1) is 13.0 Å². The van der Waals surface area contributed by atoms with Crippen LogP contribution in [-0.4, -0.2) is 47.1 Å². The van der Waals surface area contributed by atoms with Gasteiger partial charge in [-0.05, 0) is 49.7 Å². The molecule has 1 saturated heterocycles. The molecule has 6 nitrogen and oxygen atoms in total. The number of methoxy groups -OCH3 is 1. The fourth-order valence-electron chi connectivity index (χ4n) is 4.26. The van der Waals surface area contributed by atoms with E-state index in [1.807, 2.05) is 4.90 Å². The normalized spacial score (nSPS) is 24.8. The largest absolute Gasteiger partial charge is 0.494 e. The van der Waals surface area contributed by atoms with Gasteiger partial charge in [0.2, 0.25) is 0 Å². The maximum atomic E-state index is 12.7. The maximum Gasteiger partial charge on any atom is 0.306 e. The number of amides is 1. The number of hydrogen-bond acceptors (Lipinski definition) is 4. The van der Waals surface area contributed by atoms with Crippen molar-refractivity contribution in [1.82, 2.24) is 9.88 Å². The number of ether oxygens (including phenoxy) is 1. The lowest BCUT2D eigenvalue weighted by molar-refractivity contribution is -0.143. The highest BCUT2D eigenvalue weighted by molar-refractivity contribution is 5.95. The highest BCUT2D eigenvalue weighted by Crippen LogP contribution is 2.41. The average molecular weight is 332 g/mol. The molecule has 1 aliphatic heterocycles. The van der Waals surface area contributed by atoms with Gasteiger partial charge in [0.15, 0.2) is 5.69 Å². The van der Waals surface area contributed by atoms with Crippen LogP contribution in [0.25, 0.3) is 0 Å². The minimum absolute atomic E-state index is 0.105. The van der Waals surface area contributed by atoms with Crippen molar-refractivity contribution in [2.24, 2.45) is 17.8 Å². The SMILES string of the molecule is COc1cccnc1C(=O)N1CCC(C2CCCC2C(=O)O)CC1. The van der Waals surface area contributed by atoms with Crippen molar-refractivity contribution in [1.29, 1.82) is 0 Å². The van der Waals surface area contributed by atoms with Crippen LogP contribution >= 0.6 is 0 Å². The van der Waals surface area contributed by atoms with Gasteiger partial charge in [-0.25, -0.2) is 4.98 Å². The number of carboxylic acid groups (broad SMARTS) is 1. The first kappa shape index (κ1) is 16.7. The van der Waals surface area contributed by atoms with E-state index in [9.17, 15) is 14.7 Å². The van der Waals surface area contributed by atoms with Crippen molar-refractivity contribution < 1.29 is 19.4 Å². The molecular formula is C18H24N2O4. The van der Waals surface area contributed by atoms with E-state index in [2.05, 4.69) is 4.98 Å². The molecule has 2 heterocycles. The Bertz CT molecular complexity index is 611. The number of carboxylic acids is 1. The zero-order valence-corrected chi connectivity index (χ0v) is 14.0. The third-order valence-corrected chi connectivity index (χ3v) is 5.51. The minimum atomic E-state index is -0.658. The number of aliphatic carboxylic acids is 1. The molecule has 1 aromatic heterocycles. The van der Waals surface area contributed by atoms with Gasteiger partial charge in [-0.15, -0.1) is 0 Å². The van der Waals surface area contributed by atoms with Crippen molar-refractivity contribution in [3.8, 4) is 5.75 Å². The Balaban J connectivity index is 1.63. The Labute approximate surface area is 141 Å². The van der Waals surface area contributed by atoms with Crippen LogP contribution in [0.15, 0.2) is 18.3 Å². The lowest BCUT2D eigenvalue weighted by Crippen LogP contribution is -2.41. The monoisotopic (exact) mass is 332 g/mol. The molecule has 1 aliphatic carbocycles. The fourth-order valence-corrected chi connectivity index (χ4v) is 4.26. The number of likely N-dealkylation sites (tertiary alicyclic amines) is 1. The third kappa shape index (κ3) is 3.23. The average Bonchev–Trinajstić information content (AvgIpc) is 3.11. The summed E-state index contributed by atoms with van der Waals surface area (Å²) in [4.78, 5) is 30.0. The summed E-state index contributed by atoms with van der Waals surface area (Å²) in [6.45, 7) is 1.32. The van der Waals surface area contributed by atoms with E-state index in [-0.39, 0.29) is 17.7 Å². The van der Waals surface area contributed by atoms with Gasteiger partial charge < -0.3 is 14.7 Å². The van der Waals surface area contributed by atoms with Gasteiger partial charge in [-0.3, -0.25) is 9.59 Å². The van der Waals surface area contributed by atoms with Gasteiger partial charge in [-0.2, -0.15) is 0 Å². The van der Waals surface area contributed by atoms with Crippen LogP contribution in [0.3, 0.4) is 0 Å². The first-order chi connectivity index (χ1) is 11.6. The smallest absolute Gasteiger partial charge is 0.306 e. The Morgan fingerprint density at radius 1 is 1.25 bits per heavy atom. The van der Waals surface area contributed by atoms with Crippen molar-refractivity contribution in [3.63, 3.8) is 0 Å². The Hall–Kier alpha value is -2.11. The first-order valence-electron chi connectivity index (χ1n) is 8.63. The summed E-state index contributed by atoms with van der Waals surface area (Å²) in [5, 5.41) is 9.37. The second-order valence-electron chi connectivity index (χ2n) is 6.72. The highest BCUT2D eigenvalue weighted by atomic mass is 16.5. The number of pyridine rings is 1. The van der Waals surface area contributed by atoms with Crippen LogP contribution in [0.1, 0.15) is 42.6 Å². The molecule has 24 heavy (non-hydrogen) atoms. The van der Waals surface area contributed by atoms with E-state index in [0.29, 0.717) is 30.5 Å². The van der Waals surface area contributed by atoms with E-state index in [4.69, 9.17) is 4.74 Å². The Kier molecular flexibility index (Phi) is 5.02. The second-order valence-corrected chi connectivity index (χ2v) is 6.72. The van der Waals surface area contributed by atoms with Gasteiger partial charge in [0.25, 0.3) is 5.91 Å². The summed E-state index contributed by atoms with van der Waals surface area (Å²) in [5.41, 5.74) is 0.350. The molecule has 6 heteroatoms. The van der Waals surface area contributed by atoms with Crippen LogP contribution in [0.5, 0.6) is 5.75 Å². The van der Waals surface area contributed by atoms with E-state index in [0.717, 1.165) is 32.1 Å². The van der Waals surface area contributed by atoms with Crippen LogP contribution < -0.4 is 4.74 Å². The molecule has 3 rings (SSSR count). The van der Waals surface area contributed by atoms with Crippen molar-refractivity contribution in [2.75, 3.05) is 20.2 Å². The van der Waals surface area contributed by atoms with Crippen LogP contribution in [0, 0.1) is 17.8 Å². The molecule has 130 valence electrons. The number of rotatable bonds is 4. The summed E-state index contributed by atoms with van der Waals surface area (Å²) < 4.78 is 5.22. The zero-order chi connectivity index (χ0) is 17.1. The molecule has 1 saturated carbocycles. The highest BCUT2D eigenvalue weighted by Gasteiger charge is 2.39. The molecule has 0 bridgehead atoms. The fraction of sp³-hybridized carbons (Fsp3) is 0.611. The van der Waals surface area contributed by atoms with Gasteiger partial charge in [0.1, 0.15) is 5.75 Å². The van der Waals surface area contributed by atoms with Gasteiger partial charge in [-0.1, -0.05) is 6.42 Å². The molecule has 0 aromatic carbocycles. The topological polar surface area (TPSA) is 79.7 Å². The number of hydrogen-bond donors (Lipinski definition) is 1. The predicted molar refractivity (Wildman–Crippen MR) is 87.9 cm³/mol. The molecule has 2 fully saturated rings. The Morgan fingerprint density at radius 3 is 2.67 bits per heavy atom. The summed E-state index contributed by atoms with van der Waals surface area (Å²) in [5.74, 6) is 0.202. The summed E-state index contributed by atoms with van der Waals surface area (Å²) in [6, 6.07) is 3.48. The number of aromatic nitrogens is 1. The van der Waals surface area contributed by atoms with Gasteiger partial charge >= 0.3 is 5.97 Å². The zero-order valence-electron chi connectivity index (χ0n) is 14.0. The maximum absolute atomic E-state index is 12.7. The van der Waals surface area contributed by atoms with Crippen molar-refractivity contribution >= 4 is 11.9 Å². The van der Waals surface area contributed by atoms with Crippen molar-refractivity contribution in [2.45, 2.75) is 32.1 Å². The molecule has 1 N–H and O–H groups in total. The summed E-state index contributed by atoms with van der Waals surface area (Å²) in [6.07, 6.45) is 6.14. The van der Waals surface area contributed by atoms with E-state index >= 15 is 0 Å². The predicted octanol–water partition coefficient (Wildman–Crippen LogP) is 2.44.